The van der Waals surface area contributed by atoms with Crippen LogP contribution in [0.5, 0.6) is 0 Å². The summed E-state index contributed by atoms with van der Waals surface area (Å²) in [5.74, 6) is 0.714. The fourth-order valence-electron chi connectivity index (χ4n) is 5.30. The normalized spacial score (nSPS) is 35.8. The van der Waals surface area contributed by atoms with Crippen LogP contribution in [0.1, 0.15) is 36.7 Å². The Morgan fingerprint density at radius 3 is 3.09 bits per heavy atom. The van der Waals surface area contributed by atoms with Gasteiger partial charge in [0, 0.05) is 35.2 Å². The van der Waals surface area contributed by atoms with Crippen molar-refractivity contribution < 1.29 is 9.84 Å². The van der Waals surface area contributed by atoms with Gasteiger partial charge in [-0.15, -0.1) is 0 Å². The van der Waals surface area contributed by atoms with Gasteiger partial charge in [-0.25, -0.2) is 0 Å². The molecule has 5 unspecified atom stereocenters. The predicted octanol–water partition coefficient (Wildman–Crippen LogP) is 2.42. The van der Waals surface area contributed by atoms with E-state index in [0.29, 0.717) is 18.0 Å². The lowest BCUT2D eigenvalue weighted by Gasteiger charge is -2.48. The number of hydrogen-bond acceptors (Lipinski definition) is 3. The van der Waals surface area contributed by atoms with Crippen LogP contribution < -0.4 is 5.32 Å². The van der Waals surface area contributed by atoms with E-state index in [-0.39, 0.29) is 18.6 Å². The van der Waals surface area contributed by atoms with Crippen LogP contribution in [-0.2, 0) is 11.2 Å². The second kappa shape index (κ2) is 5.07. The summed E-state index contributed by atoms with van der Waals surface area (Å²) in [6.07, 6.45) is 2.37. The molecule has 1 saturated heterocycles. The Hall–Kier alpha value is -1.36. The molecule has 2 N–H and O–H groups in total. The number of fused-ring (bicyclic) bond motifs is 5. The second-order valence-electron chi connectivity index (χ2n) is 7.36. The maximum atomic E-state index is 9.93. The number of aliphatic hydroxyl groups excluding tert-OH is 1. The first-order valence-corrected chi connectivity index (χ1v) is 8.87. The SMILES string of the molecule is CC1OCC2C(CC3NCCc4c3n2c2ccccc42)C1CO. The molecule has 4 heterocycles. The van der Waals surface area contributed by atoms with E-state index in [2.05, 4.69) is 41.1 Å². The fourth-order valence-corrected chi connectivity index (χ4v) is 5.30. The number of rotatable bonds is 1. The van der Waals surface area contributed by atoms with E-state index in [1.54, 1.807) is 0 Å². The number of aromatic nitrogens is 1. The molecular formula is C19H24N2O2. The summed E-state index contributed by atoms with van der Waals surface area (Å²) < 4.78 is 8.60. The number of benzene rings is 1. The summed E-state index contributed by atoms with van der Waals surface area (Å²) in [5.41, 5.74) is 4.35. The monoisotopic (exact) mass is 312 g/mol. The summed E-state index contributed by atoms with van der Waals surface area (Å²) in [4.78, 5) is 0. The van der Waals surface area contributed by atoms with Crippen molar-refractivity contribution in [1.29, 1.82) is 0 Å². The van der Waals surface area contributed by atoms with Gasteiger partial charge in [-0.3, -0.25) is 0 Å². The van der Waals surface area contributed by atoms with Crippen LogP contribution in [0.3, 0.4) is 0 Å². The molecule has 1 fully saturated rings. The van der Waals surface area contributed by atoms with Crippen LogP contribution in [0.2, 0.25) is 0 Å². The molecule has 0 saturated carbocycles. The molecule has 0 amide bonds. The molecule has 2 aromatic rings. The van der Waals surface area contributed by atoms with Crippen LogP contribution in [0.15, 0.2) is 24.3 Å². The van der Waals surface area contributed by atoms with Crippen LogP contribution in [0.25, 0.3) is 10.9 Å². The highest BCUT2D eigenvalue weighted by Crippen LogP contribution is 2.49. The predicted molar refractivity (Wildman–Crippen MR) is 89.5 cm³/mol. The molecule has 23 heavy (non-hydrogen) atoms. The summed E-state index contributed by atoms with van der Waals surface area (Å²) >= 11 is 0. The van der Waals surface area contributed by atoms with Crippen molar-refractivity contribution in [2.75, 3.05) is 19.8 Å². The summed E-state index contributed by atoms with van der Waals surface area (Å²) in [6.45, 7) is 4.15. The fraction of sp³-hybridized carbons (Fsp3) is 0.579. The molecule has 5 atom stereocenters. The first kappa shape index (κ1) is 14.0. The van der Waals surface area contributed by atoms with Crippen molar-refractivity contribution in [2.45, 2.75) is 38.0 Å². The minimum Gasteiger partial charge on any atom is -0.396 e. The first-order valence-electron chi connectivity index (χ1n) is 8.87. The Balaban J connectivity index is 1.74. The van der Waals surface area contributed by atoms with Crippen LogP contribution >= 0.6 is 0 Å². The topological polar surface area (TPSA) is 46.4 Å². The van der Waals surface area contributed by atoms with E-state index in [1.807, 2.05) is 0 Å². The van der Waals surface area contributed by atoms with Gasteiger partial charge in [-0.1, -0.05) is 18.2 Å². The Kier molecular flexibility index (Phi) is 3.09. The van der Waals surface area contributed by atoms with Gasteiger partial charge in [0.05, 0.1) is 18.8 Å². The zero-order valence-electron chi connectivity index (χ0n) is 13.5. The molecule has 122 valence electrons. The van der Waals surface area contributed by atoms with Gasteiger partial charge in [-0.2, -0.15) is 0 Å². The summed E-state index contributed by atoms with van der Waals surface area (Å²) in [6, 6.07) is 9.58. The van der Waals surface area contributed by atoms with Crippen molar-refractivity contribution >= 4 is 10.9 Å². The minimum atomic E-state index is 0.146. The van der Waals surface area contributed by atoms with Crippen molar-refractivity contribution in [1.82, 2.24) is 9.88 Å². The van der Waals surface area contributed by atoms with E-state index >= 15 is 0 Å². The highest BCUT2D eigenvalue weighted by molar-refractivity contribution is 5.86. The molecule has 0 radical (unpaired) electrons. The highest BCUT2D eigenvalue weighted by atomic mass is 16.5. The van der Waals surface area contributed by atoms with Gasteiger partial charge in [-0.05, 0) is 43.9 Å². The third-order valence-corrected chi connectivity index (χ3v) is 6.38. The summed E-state index contributed by atoms with van der Waals surface area (Å²) in [5, 5.41) is 15.1. The average molecular weight is 312 g/mol. The molecular weight excluding hydrogens is 288 g/mol. The van der Waals surface area contributed by atoms with E-state index < -0.39 is 0 Å². The second-order valence-corrected chi connectivity index (χ2v) is 7.36. The van der Waals surface area contributed by atoms with Crippen molar-refractivity contribution in [3.63, 3.8) is 0 Å². The zero-order chi connectivity index (χ0) is 15.6. The number of hydrogen-bond donors (Lipinski definition) is 2. The molecule has 5 rings (SSSR count). The van der Waals surface area contributed by atoms with E-state index in [9.17, 15) is 5.11 Å². The van der Waals surface area contributed by atoms with Gasteiger partial charge in [0.2, 0.25) is 0 Å². The third-order valence-electron chi connectivity index (χ3n) is 6.38. The third kappa shape index (κ3) is 1.83. The number of nitrogens with zero attached hydrogens (tertiary/aromatic N) is 1. The van der Waals surface area contributed by atoms with E-state index in [0.717, 1.165) is 26.0 Å². The lowest BCUT2D eigenvalue weighted by molar-refractivity contribution is -0.103. The molecule has 3 aliphatic rings. The smallest absolute Gasteiger partial charge is 0.0680 e. The van der Waals surface area contributed by atoms with Gasteiger partial charge >= 0.3 is 0 Å². The van der Waals surface area contributed by atoms with E-state index in [1.165, 1.54) is 22.2 Å². The van der Waals surface area contributed by atoms with E-state index in [4.69, 9.17) is 4.74 Å². The van der Waals surface area contributed by atoms with Crippen molar-refractivity contribution in [3.05, 3.63) is 35.5 Å². The number of nitrogens with one attached hydrogen (secondary N) is 1. The molecule has 0 bridgehead atoms. The lowest BCUT2D eigenvalue weighted by atomic mass is 9.74. The van der Waals surface area contributed by atoms with Crippen LogP contribution in [0, 0.1) is 11.8 Å². The Bertz CT molecular complexity index is 753. The average Bonchev–Trinajstić information content (AvgIpc) is 2.92. The Morgan fingerprint density at radius 2 is 2.22 bits per heavy atom. The zero-order valence-corrected chi connectivity index (χ0v) is 13.5. The molecule has 3 aliphatic heterocycles. The maximum absolute atomic E-state index is 9.93. The Morgan fingerprint density at radius 1 is 1.35 bits per heavy atom. The van der Waals surface area contributed by atoms with Gasteiger partial charge in [0.15, 0.2) is 0 Å². The quantitative estimate of drug-likeness (QED) is 0.850. The molecule has 4 heteroatoms. The van der Waals surface area contributed by atoms with Crippen LogP contribution in [-0.4, -0.2) is 35.5 Å². The lowest BCUT2D eigenvalue weighted by Crippen LogP contribution is -2.49. The largest absolute Gasteiger partial charge is 0.396 e. The number of aliphatic hydroxyl groups is 1. The highest BCUT2D eigenvalue weighted by Gasteiger charge is 2.46. The van der Waals surface area contributed by atoms with Crippen LogP contribution in [0.4, 0.5) is 0 Å². The molecule has 0 spiro atoms. The Labute approximate surface area is 136 Å². The van der Waals surface area contributed by atoms with Crippen molar-refractivity contribution in [2.24, 2.45) is 11.8 Å². The number of para-hydroxylation sites is 1. The van der Waals surface area contributed by atoms with Crippen molar-refractivity contribution in [3.8, 4) is 0 Å². The van der Waals surface area contributed by atoms with Gasteiger partial charge in [0.25, 0.3) is 0 Å². The van der Waals surface area contributed by atoms with Gasteiger partial charge in [0.1, 0.15) is 0 Å². The maximum Gasteiger partial charge on any atom is 0.0680 e. The first-order chi connectivity index (χ1) is 11.3. The molecule has 1 aromatic carbocycles. The molecule has 0 aliphatic carbocycles. The molecule has 1 aromatic heterocycles. The molecule has 4 nitrogen and oxygen atoms in total. The summed E-state index contributed by atoms with van der Waals surface area (Å²) in [7, 11) is 0. The van der Waals surface area contributed by atoms with Gasteiger partial charge < -0.3 is 19.7 Å². The minimum absolute atomic E-state index is 0.146. The number of ether oxygens (including phenoxy) is 1. The standard InChI is InChI=1S/C19H24N2O2/c1-11-15(9-22)14-8-16-19-13(6-7-20-16)12-4-2-3-5-17(12)21(19)18(14)10-23-11/h2-5,11,14-16,18,20,22H,6-10H2,1H3.